The predicted molar refractivity (Wildman–Crippen MR) is 134 cm³/mol. The van der Waals surface area contributed by atoms with Crippen LogP contribution in [0.1, 0.15) is 59.8 Å². The van der Waals surface area contributed by atoms with Crippen LogP contribution in [0.3, 0.4) is 0 Å². The van der Waals surface area contributed by atoms with E-state index < -0.39 is 0 Å². The van der Waals surface area contributed by atoms with Crippen molar-refractivity contribution in [3.05, 3.63) is 52.4 Å². The highest BCUT2D eigenvalue weighted by Crippen LogP contribution is 2.39. The van der Waals surface area contributed by atoms with Crippen molar-refractivity contribution in [1.82, 2.24) is 25.8 Å². The number of nitrogens with one attached hydrogen (secondary N) is 2. The predicted octanol–water partition coefficient (Wildman–Crippen LogP) is 4.06. The molecule has 1 unspecified atom stereocenters. The lowest BCUT2D eigenvalue weighted by molar-refractivity contribution is -0.131. The van der Waals surface area contributed by atoms with Crippen molar-refractivity contribution in [2.24, 2.45) is 0 Å². The van der Waals surface area contributed by atoms with Crippen LogP contribution in [-0.4, -0.2) is 60.4 Å². The lowest BCUT2D eigenvalue weighted by Gasteiger charge is -2.29. The first kappa shape index (κ1) is 24.2. The molecule has 0 saturated heterocycles. The topological polar surface area (TPSA) is 67.9 Å². The molecule has 2 N–H and O–H groups in total. The standard InChI is InChI=1S/C25H32FN5O2S/c1-5-16(2)18-13-19(23(26)24-20(18)14-21(34-24)25(33)29(3)4)17-7-6-10-30(15-17)22(32)8-11-31-12-9-27-28-31/h7,9,12-14,16,27-28H,5-6,8,10-11,15H2,1-4H3. The molecule has 0 saturated carbocycles. The Bertz CT molecular complexity index is 1160. The molecule has 1 atom stereocenters. The van der Waals surface area contributed by atoms with E-state index in [1.165, 1.54) is 16.2 Å². The number of nitrogens with zero attached hydrogens (tertiary/aromatic N) is 3. The van der Waals surface area contributed by atoms with Gasteiger partial charge in [0.2, 0.25) is 5.91 Å². The highest BCUT2D eigenvalue weighted by atomic mass is 32.1. The maximum absolute atomic E-state index is 15.9. The minimum atomic E-state index is -0.303. The lowest BCUT2D eigenvalue weighted by atomic mass is 9.90. The van der Waals surface area contributed by atoms with Gasteiger partial charge in [0, 0.05) is 58.1 Å². The molecule has 7 nitrogen and oxygen atoms in total. The van der Waals surface area contributed by atoms with E-state index in [0.29, 0.717) is 47.6 Å². The second kappa shape index (κ2) is 10.1. The highest BCUT2D eigenvalue weighted by Gasteiger charge is 2.26. The maximum atomic E-state index is 15.9. The molecule has 0 aliphatic carbocycles. The number of hydrogen-bond acceptors (Lipinski definition) is 6. The Morgan fingerprint density at radius 2 is 2.09 bits per heavy atom. The Morgan fingerprint density at radius 3 is 2.76 bits per heavy atom. The fraction of sp³-hybridized carbons (Fsp3) is 0.440. The van der Waals surface area contributed by atoms with Gasteiger partial charge < -0.3 is 15.2 Å². The zero-order chi connectivity index (χ0) is 24.4. The third-order valence-electron chi connectivity index (χ3n) is 6.50. The molecule has 2 amide bonds. The number of hydrazine groups is 2. The third-order valence-corrected chi connectivity index (χ3v) is 7.62. The minimum absolute atomic E-state index is 0.0475. The van der Waals surface area contributed by atoms with Crippen LogP contribution in [0, 0.1) is 5.82 Å². The van der Waals surface area contributed by atoms with Crippen LogP contribution >= 0.6 is 11.3 Å². The number of fused-ring (bicyclic) bond motifs is 1. The molecule has 2 aromatic rings. The summed E-state index contributed by atoms with van der Waals surface area (Å²) in [7, 11) is 3.41. The van der Waals surface area contributed by atoms with E-state index >= 15 is 4.39 Å². The molecule has 34 heavy (non-hydrogen) atoms. The van der Waals surface area contributed by atoms with Gasteiger partial charge in [0.15, 0.2) is 0 Å². The average Bonchev–Trinajstić information content (AvgIpc) is 3.52. The molecule has 2 aliphatic heterocycles. The van der Waals surface area contributed by atoms with Crippen LogP contribution in [0.25, 0.3) is 15.7 Å². The average molecular weight is 486 g/mol. The molecule has 9 heteroatoms. The Balaban J connectivity index is 1.64. The molecule has 2 aliphatic rings. The summed E-state index contributed by atoms with van der Waals surface area (Å²) < 4.78 is 16.4. The number of amides is 2. The fourth-order valence-corrected chi connectivity index (χ4v) is 5.47. The monoisotopic (exact) mass is 485 g/mol. The van der Waals surface area contributed by atoms with Crippen LogP contribution < -0.4 is 11.0 Å². The molecular weight excluding hydrogens is 453 g/mol. The van der Waals surface area contributed by atoms with Gasteiger partial charge >= 0.3 is 0 Å². The first-order valence-corrected chi connectivity index (χ1v) is 12.5. The largest absolute Gasteiger partial charge is 0.344 e. The molecule has 4 rings (SSSR count). The van der Waals surface area contributed by atoms with Gasteiger partial charge in [-0.3, -0.25) is 14.6 Å². The second-order valence-corrected chi connectivity index (χ2v) is 10.1. The summed E-state index contributed by atoms with van der Waals surface area (Å²) in [4.78, 5) is 29.3. The van der Waals surface area contributed by atoms with E-state index in [1.54, 1.807) is 20.3 Å². The van der Waals surface area contributed by atoms with Crippen molar-refractivity contribution in [3.63, 3.8) is 0 Å². The van der Waals surface area contributed by atoms with Crippen molar-refractivity contribution in [2.45, 2.75) is 39.0 Å². The van der Waals surface area contributed by atoms with E-state index in [0.717, 1.165) is 22.9 Å². The first-order valence-electron chi connectivity index (χ1n) is 11.7. The summed E-state index contributed by atoms with van der Waals surface area (Å²) in [5.41, 5.74) is 8.20. The Hall–Kier alpha value is -2.91. The Kier molecular flexibility index (Phi) is 7.23. The maximum Gasteiger partial charge on any atom is 0.263 e. The Morgan fingerprint density at radius 1 is 1.29 bits per heavy atom. The van der Waals surface area contributed by atoms with Crippen LogP contribution in [-0.2, 0) is 4.79 Å². The normalized spacial score (nSPS) is 16.6. The molecule has 0 bridgehead atoms. The number of halogens is 1. The van der Waals surface area contributed by atoms with Gasteiger partial charge in [-0.05, 0) is 47.4 Å². The number of hydrogen-bond donors (Lipinski definition) is 2. The van der Waals surface area contributed by atoms with Gasteiger partial charge in [0.25, 0.3) is 5.91 Å². The number of thiophene rings is 1. The Labute approximate surface area is 203 Å². The van der Waals surface area contributed by atoms with Gasteiger partial charge in [-0.2, -0.15) is 0 Å². The van der Waals surface area contributed by atoms with Crippen LogP contribution in [0.5, 0.6) is 0 Å². The summed E-state index contributed by atoms with van der Waals surface area (Å²) in [5, 5.41) is 2.63. The highest BCUT2D eigenvalue weighted by molar-refractivity contribution is 7.20. The zero-order valence-corrected chi connectivity index (χ0v) is 21.0. The van der Waals surface area contributed by atoms with Crippen LogP contribution in [0.15, 0.2) is 30.6 Å². The zero-order valence-electron chi connectivity index (χ0n) is 20.2. The smallest absolute Gasteiger partial charge is 0.263 e. The number of benzene rings is 1. The molecule has 3 heterocycles. The summed E-state index contributed by atoms with van der Waals surface area (Å²) in [6.45, 7) is 5.80. The van der Waals surface area contributed by atoms with Crippen molar-refractivity contribution >= 4 is 38.8 Å². The van der Waals surface area contributed by atoms with Gasteiger partial charge in [-0.15, -0.1) is 16.9 Å². The van der Waals surface area contributed by atoms with Gasteiger partial charge in [0.1, 0.15) is 5.82 Å². The van der Waals surface area contributed by atoms with Crippen LogP contribution in [0.4, 0.5) is 4.39 Å². The molecule has 1 aromatic heterocycles. The van der Waals surface area contributed by atoms with E-state index in [4.69, 9.17) is 0 Å². The van der Waals surface area contributed by atoms with Crippen molar-refractivity contribution < 1.29 is 14.0 Å². The molecular formula is C25H32FN5O2S. The summed E-state index contributed by atoms with van der Waals surface area (Å²) in [6.07, 6.45) is 7.61. The third kappa shape index (κ3) is 4.81. The van der Waals surface area contributed by atoms with E-state index in [1.807, 2.05) is 34.3 Å². The molecule has 0 radical (unpaired) electrons. The van der Waals surface area contributed by atoms with E-state index in [2.05, 4.69) is 24.8 Å². The molecule has 182 valence electrons. The number of carbonyl (C=O) groups is 2. The van der Waals surface area contributed by atoms with Crippen molar-refractivity contribution in [2.75, 3.05) is 33.7 Å². The number of rotatable bonds is 7. The molecule has 0 fully saturated rings. The van der Waals surface area contributed by atoms with Gasteiger partial charge in [0.05, 0.1) is 9.58 Å². The van der Waals surface area contributed by atoms with E-state index in [9.17, 15) is 9.59 Å². The van der Waals surface area contributed by atoms with Crippen molar-refractivity contribution in [1.29, 1.82) is 0 Å². The quantitative estimate of drug-likeness (QED) is 0.619. The SMILES string of the molecule is CCC(C)c1cc(C2=CCCN(C(=O)CCN3C=CNN3)C2)c(F)c2sc(C(=O)N(C)C)cc12. The number of carbonyl (C=O) groups excluding carboxylic acids is 2. The first-order chi connectivity index (χ1) is 16.3. The lowest BCUT2D eigenvalue weighted by Crippen LogP contribution is -2.40. The van der Waals surface area contributed by atoms with Gasteiger partial charge in [-0.25, -0.2) is 4.39 Å². The van der Waals surface area contributed by atoms with Crippen LogP contribution in [0.2, 0.25) is 0 Å². The summed E-state index contributed by atoms with van der Waals surface area (Å²) in [5.74, 6) is -0.159. The fourth-order valence-electron chi connectivity index (χ4n) is 4.32. The van der Waals surface area contributed by atoms with E-state index in [-0.39, 0.29) is 23.5 Å². The minimum Gasteiger partial charge on any atom is -0.344 e. The van der Waals surface area contributed by atoms with Gasteiger partial charge in [-0.1, -0.05) is 19.9 Å². The van der Waals surface area contributed by atoms with Crippen molar-refractivity contribution in [3.8, 4) is 0 Å². The summed E-state index contributed by atoms with van der Waals surface area (Å²) >= 11 is 1.21. The molecule has 1 aromatic carbocycles. The molecule has 0 spiro atoms. The summed E-state index contributed by atoms with van der Waals surface area (Å²) in [6, 6.07) is 3.77. The second-order valence-electron chi connectivity index (χ2n) is 9.04.